The van der Waals surface area contributed by atoms with Crippen LogP contribution in [0.25, 0.3) is 33.8 Å². The fourth-order valence-electron chi connectivity index (χ4n) is 3.88. The molecule has 1 saturated carbocycles. The minimum absolute atomic E-state index is 0. The molecule has 1 aliphatic carbocycles. The van der Waals surface area contributed by atoms with Crippen LogP contribution in [-0.2, 0) is 21.5 Å². The minimum atomic E-state index is -1.00. The molecule has 4 aromatic heterocycles. The molecule has 12 nitrogen and oxygen atoms in total. The number of nitrogen functional groups attached to an aromatic ring is 1. The van der Waals surface area contributed by atoms with Crippen molar-refractivity contribution in [2.24, 2.45) is 0 Å². The van der Waals surface area contributed by atoms with Gasteiger partial charge in [-0.3, -0.25) is 0 Å². The number of nitrogens with two attached hydrogens (primary N) is 1. The van der Waals surface area contributed by atoms with Crippen molar-refractivity contribution in [3.05, 3.63) is 30.0 Å². The summed E-state index contributed by atoms with van der Waals surface area (Å²) in [5.41, 5.74) is 9.05. The SMILES string of the molecule is CC(C)(C)n1nc(-c2noc(C3CC3)c2-c2ncc(CCOCC(=O)O)cn2)c2c(N)ncnc21.Cl. The topological polar surface area (TPSA) is 168 Å². The van der Waals surface area contributed by atoms with E-state index in [1.165, 1.54) is 6.33 Å². The standard InChI is InChI=1S/C23H26N8O4.ClH/c1-23(2,3)31-22-16(20(24)27-11-28-22)17(29-31)18-15(19(35-30-18)13-4-5-13)21-25-8-12(9-26-21)6-7-34-10-14(32)33;/h8-9,11,13H,4-7,10H2,1-3H3,(H,32,33)(H2,24,27,28);1H. The highest BCUT2D eigenvalue weighted by atomic mass is 35.5. The second kappa shape index (κ2) is 9.78. The Labute approximate surface area is 212 Å². The summed E-state index contributed by atoms with van der Waals surface area (Å²) in [6.45, 7) is 6.01. The number of ether oxygens (including phenoxy) is 1. The summed E-state index contributed by atoms with van der Waals surface area (Å²) >= 11 is 0. The van der Waals surface area contributed by atoms with Gasteiger partial charge < -0.3 is 20.1 Å². The van der Waals surface area contributed by atoms with Crippen LogP contribution >= 0.6 is 12.4 Å². The summed E-state index contributed by atoms with van der Waals surface area (Å²) in [7, 11) is 0. The van der Waals surface area contributed by atoms with Crippen molar-refractivity contribution in [1.82, 2.24) is 34.9 Å². The number of rotatable bonds is 8. The van der Waals surface area contributed by atoms with Gasteiger partial charge in [0.05, 0.1) is 23.1 Å². The average Bonchev–Trinajstić information content (AvgIpc) is 3.42. The first kappa shape index (κ1) is 25.5. The Balaban J connectivity index is 0.00000304. The molecule has 1 fully saturated rings. The molecule has 13 heteroatoms. The zero-order chi connectivity index (χ0) is 24.7. The molecular formula is C23H27ClN8O4. The maximum atomic E-state index is 10.6. The number of nitrogens with zero attached hydrogens (tertiary/aromatic N) is 7. The van der Waals surface area contributed by atoms with Crippen LogP contribution < -0.4 is 5.73 Å². The third-order valence-corrected chi connectivity index (χ3v) is 5.71. The summed E-state index contributed by atoms with van der Waals surface area (Å²) in [5.74, 6) is 0.749. The average molecular weight is 515 g/mol. The lowest BCUT2D eigenvalue weighted by molar-refractivity contribution is -0.142. The van der Waals surface area contributed by atoms with Crippen molar-refractivity contribution in [2.75, 3.05) is 18.9 Å². The lowest BCUT2D eigenvalue weighted by Gasteiger charge is -2.19. The molecule has 4 heterocycles. The molecule has 0 bridgehead atoms. The van der Waals surface area contributed by atoms with Crippen LogP contribution in [0.2, 0.25) is 0 Å². The smallest absolute Gasteiger partial charge is 0.329 e. The second-order valence-electron chi connectivity index (χ2n) is 9.54. The predicted octanol–water partition coefficient (Wildman–Crippen LogP) is 3.22. The predicted molar refractivity (Wildman–Crippen MR) is 133 cm³/mol. The van der Waals surface area contributed by atoms with Crippen LogP contribution in [0.3, 0.4) is 0 Å². The van der Waals surface area contributed by atoms with E-state index in [1.54, 1.807) is 12.4 Å². The Morgan fingerprint density at radius 3 is 2.56 bits per heavy atom. The Morgan fingerprint density at radius 2 is 1.92 bits per heavy atom. The molecule has 0 aliphatic heterocycles. The molecule has 36 heavy (non-hydrogen) atoms. The van der Waals surface area contributed by atoms with Gasteiger partial charge in [-0.1, -0.05) is 5.16 Å². The second-order valence-corrected chi connectivity index (χ2v) is 9.54. The van der Waals surface area contributed by atoms with Gasteiger partial charge in [-0.2, -0.15) is 5.10 Å². The molecular weight excluding hydrogens is 488 g/mol. The Morgan fingerprint density at radius 1 is 1.19 bits per heavy atom. The number of carboxylic acid groups (broad SMARTS) is 1. The Bertz CT molecular complexity index is 1390. The van der Waals surface area contributed by atoms with E-state index in [9.17, 15) is 4.79 Å². The highest BCUT2D eigenvalue weighted by Gasteiger charge is 2.36. The third kappa shape index (κ3) is 4.86. The maximum absolute atomic E-state index is 10.6. The van der Waals surface area contributed by atoms with Crippen molar-refractivity contribution in [3.8, 4) is 22.8 Å². The Hall–Kier alpha value is -3.64. The fraction of sp³-hybridized carbons (Fsp3) is 0.435. The van der Waals surface area contributed by atoms with Crippen molar-refractivity contribution in [1.29, 1.82) is 0 Å². The van der Waals surface area contributed by atoms with Crippen LogP contribution in [0.4, 0.5) is 5.82 Å². The summed E-state index contributed by atoms with van der Waals surface area (Å²) < 4.78 is 12.7. The van der Waals surface area contributed by atoms with Gasteiger partial charge in [-0.15, -0.1) is 12.4 Å². The number of anilines is 1. The van der Waals surface area contributed by atoms with Gasteiger partial charge in [-0.25, -0.2) is 29.4 Å². The summed E-state index contributed by atoms with van der Waals surface area (Å²) in [6, 6.07) is 0. The fourth-order valence-corrected chi connectivity index (χ4v) is 3.88. The molecule has 0 spiro atoms. The van der Waals surface area contributed by atoms with E-state index in [4.69, 9.17) is 25.2 Å². The van der Waals surface area contributed by atoms with Gasteiger partial charge in [0.25, 0.3) is 0 Å². The summed E-state index contributed by atoms with van der Waals surface area (Å²) in [4.78, 5) is 28.4. The molecule has 0 amide bonds. The molecule has 3 N–H and O–H groups in total. The zero-order valence-electron chi connectivity index (χ0n) is 20.1. The molecule has 0 saturated heterocycles. The zero-order valence-corrected chi connectivity index (χ0v) is 20.9. The van der Waals surface area contributed by atoms with Crippen LogP contribution in [0.1, 0.15) is 50.9 Å². The van der Waals surface area contributed by atoms with E-state index in [2.05, 4.69) is 25.1 Å². The van der Waals surface area contributed by atoms with E-state index in [0.29, 0.717) is 46.0 Å². The molecule has 5 rings (SSSR count). The first-order valence-corrected chi connectivity index (χ1v) is 11.3. The molecule has 0 aromatic carbocycles. The van der Waals surface area contributed by atoms with E-state index in [0.717, 1.165) is 24.2 Å². The molecule has 190 valence electrons. The first-order valence-electron chi connectivity index (χ1n) is 11.3. The molecule has 4 aromatic rings. The lowest BCUT2D eigenvalue weighted by atomic mass is 10.1. The third-order valence-electron chi connectivity index (χ3n) is 5.71. The lowest BCUT2D eigenvalue weighted by Crippen LogP contribution is -2.23. The minimum Gasteiger partial charge on any atom is -0.480 e. The molecule has 1 aliphatic rings. The van der Waals surface area contributed by atoms with Gasteiger partial charge in [0, 0.05) is 18.3 Å². The number of hydrogen-bond acceptors (Lipinski definition) is 10. The monoisotopic (exact) mass is 514 g/mol. The highest BCUT2D eigenvalue weighted by molar-refractivity contribution is 6.00. The van der Waals surface area contributed by atoms with E-state index in [-0.39, 0.29) is 37.1 Å². The number of carbonyl (C=O) groups is 1. The first-order chi connectivity index (χ1) is 16.7. The van der Waals surface area contributed by atoms with Gasteiger partial charge in [0.15, 0.2) is 17.2 Å². The summed E-state index contributed by atoms with van der Waals surface area (Å²) in [5, 5.41) is 18.5. The van der Waals surface area contributed by atoms with Crippen molar-refractivity contribution in [3.63, 3.8) is 0 Å². The maximum Gasteiger partial charge on any atom is 0.329 e. The van der Waals surface area contributed by atoms with Gasteiger partial charge in [0.2, 0.25) is 0 Å². The normalized spacial score (nSPS) is 13.6. The number of carboxylic acids is 1. The summed E-state index contributed by atoms with van der Waals surface area (Å²) in [6.07, 6.45) is 7.32. The highest BCUT2D eigenvalue weighted by Crippen LogP contribution is 2.47. The van der Waals surface area contributed by atoms with Crippen molar-refractivity contribution in [2.45, 2.75) is 51.5 Å². The van der Waals surface area contributed by atoms with Crippen LogP contribution in [0.15, 0.2) is 23.2 Å². The number of fused-ring (bicyclic) bond motifs is 1. The van der Waals surface area contributed by atoms with Gasteiger partial charge in [0.1, 0.15) is 30.1 Å². The molecule has 0 unspecified atom stereocenters. The number of hydrogen-bond donors (Lipinski definition) is 2. The molecule has 0 atom stereocenters. The quantitative estimate of drug-likeness (QED) is 0.331. The van der Waals surface area contributed by atoms with Crippen LogP contribution in [0, 0.1) is 0 Å². The van der Waals surface area contributed by atoms with Gasteiger partial charge >= 0.3 is 5.97 Å². The largest absolute Gasteiger partial charge is 0.480 e. The van der Waals surface area contributed by atoms with Gasteiger partial charge in [-0.05, 0) is 45.6 Å². The Kier molecular flexibility index (Phi) is 6.92. The van der Waals surface area contributed by atoms with E-state index < -0.39 is 5.97 Å². The van der Waals surface area contributed by atoms with Crippen LogP contribution in [-0.4, -0.2) is 59.2 Å². The van der Waals surface area contributed by atoms with Crippen molar-refractivity contribution < 1.29 is 19.2 Å². The van der Waals surface area contributed by atoms with Crippen molar-refractivity contribution >= 4 is 35.2 Å². The van der Waals surface area contributed by atoms with Crippen LogP contribution in [0.5, 0.6) is 0 Å². The number of aliphatic carboxylic acids is 1. The molecule has 0 radical (unpaired) electrons. The van der Waals surface area contributed by atoms with E-state index >= 15 is 0 Å². The number of halogens is 1. The number of aromatic nitrogens is 7. The van der Waals surface area contributed by atoms with E-state index in [1.807, 2.05) is 25.5 Å².